The Labute approximate surface area is 140 Å². The molecule has 0 radical (unpaired) electrons. The van der Waals surface area contributed by atoms with Crippen molar-refractivity contribution in [3.05, 3.63) is 57.6 Å². The van der Waals surface area contributed by atoms with Gasteiger partial charge < -0.3 is 5.32 Å². The van der Waals surface area contributed by atoms with Gasteiger partial charge in [-0.25, -0.2) is 13.6 Å². The lowest BCUT2D eigenvalue weighted by Crippen LogP contribution is -2.17. The first-order valence-corrected chi connectivity index (χ1v) is 8.73. The Hall–Kier alpha value is -1.89. The number of sulfonamides is 1. The van der Waals surface area contributed by atoms with Crippen LogP contribution < -0.4 is 10.5 Å². The average Bonchev–Trinajstić information content (AvgIpc) is 2.44. The number of benzene rings is 2. The fourth-order valence-corrected chi connectivity index (χ4v) is 3.19. The number of halogens is 1. The van der Waals surface area contributed by atoms with Crippen molar-refractivity contribution in [2.75, 3.05) is 5.32 Å². The molecule has 3 N–H and O–H groups in total. The van der Waals surface area contributed by atoms with Gasteiger partial charge in [-0.3, -0.25) is 4.79 Å². The maximum Gasteiger partial charge on any atom is 0.255 e. The minimum atomic E-state index is -3.90. The van der Waals surface area contributed by atoms with Crippen molar-refractivity contribution in [3.8, 4) is 0 Å². The summed E-state index contributed by atoms with van der Waals surface area (Å²) in [5, 5.41) is 8.44. The molecule has 0 aliphatic carbocycles. The van der Waals surface area contributed by atoms with Crippen LogP contribution in [-0.2, 0) is 10.0 Å². The van der Waals surface area contributed by atoms with Gasteiger partial charge in [-0.15, -0.1) is 0 Å². The number of amides is 1. The number of hydrogen-bond acceptors (Lipinski definition) is 3. The van der Waals surface area contributed by atoms with Crippen LogP contribution in [0.3, 0.4) is 0 Å². The number of hydrogen-bond donors (Lipinski definition) is 2. The monoisotopic (exact) mass is 352 g/mol. The van der Waals surface area contributed by atoms with Crippen LogP contribution in [0, 0.1) is 20.8 Å². The molecule has 0 fully saturated rings. The zero-order chi connectivity index (χ0) is 17.4. The molecule has 2 aromatic carbocycles. The molecule has 2 rings (SSSR count). The molecule has 5 nitrogen and oxygen atoms in total. The Bertz CT molecular complexity index is 892. The Morgan fingerprint density at radius 1 is 1.09 bits per heavy atom. The summed E-state index contributed by atoms with van der Waals surface area (Å²) >= 11 is 6.03. The second-order valence-corrected chi connectivity index (χ2v) is 7.32. The second-order valence-electron chi connectivity index (χ2n) is 5.38. The van der Waals surface area contributed by atoms with Gasteiger partial charge in [0.1, 0.15) is 0 Å². The number of rotatable bonds is 3. The van der Waals surface area contributed by atoms with Crippen LogP contribution >= 0.6 is 11.6 Å². The largest absolute Gasteiger partial charge is 0.322 e. The van der Waals surface area contributed by atoms with Gasteiger partial charge in [-0.1, -0.05) is 17.7 Å². The molecule has 0 saturated carbocycles. The summed E-state index contributed by atoms with van der Waals surface area (Å²) in [6.07, 6.45) is 0. The van der Waals surface area contributed by atoms with Crippen LogP contribution in [0.2, 0.25) is 5.02 Å². The molecule has 0 aliphatic rings. The molecule has 0 bridgehead atoms. The summed E-state index contributed by atoms with van der Waals surface area (Å²) in [6, 6.07) is 8.04. The number of nitrogens with one attached hydrogen (secondary N) is 1. The van der Waals surface area contributed by atoms with Crippen LogP contribution in [0.15, 0.2) is 35.2 Å². The summed E-state index contributed by atoms with van der Waals surface area (Å²) in [4.78, 5) is 12.3. The van der Waals surface area contributed by atoms with E-state index in [2.05, 4.69) is 5.32 Å². The van der Waals surface area contributed by atoms with Gasteiger partial charge in [0.2, 0.25) is 10.0 Å². The quantitative estimate of drug-likeness (QED) is 0.889. The summed E-state index contributed by atoms with van der Waals surface area (Å²) in [5.41, 5.74) is 2.84. The molecule has 122 valence electrons. The Morgan fingerprint density at radius 2 is 1.74 bits per heavy atom. The molecule has 0 atom stereocenters. The summed E-state index contributed by atoms with van der Waals surface area (Å²) < 4.78 is 23.3. The summed E-state index contributed by atoms with van der Waals surface area (Å²) in [5.74, 6) is -0.432. The molecular weight excluding hydrogens is 336 g/mol. The van der Waals surface area contributed by atoms with Gasteiger partial charge in [0.05, 0.1) is 4.90 Å². The number of nitrogens with two attached hydrogens (primary N) is 1. The zero-order valence-electron chi connectivity index (χ0n) is 13.0. The van der Waals surface area contributed by atoms with Crippen molar-refractivity contribution in [1.29, 1.82) is 0 Å². The maximum absolute atomic E-state index is 12.4. The van der Waals surface area contributed by atoms with Crippen LogP contribution in [0.25, 0.3) is 0 Å². The standard InChI is InChI=1S/C16H17ClN2O3S/c1-9-4-5-13(8-14(9)17)19-16(20)12-6-10(2)11(3)15(7-12)23(18,21)22/h4-8H,1-3H3,(H,19,20)(H2,18,21,22). The lowest BCUT2D eigenvalue weighted by Gasteiger charge is -2.11. The fourth-order valence-electron chi connectivity index (χ4n) is 2.13. The number of aryl methyl sites for hydroxylation is 2. The van der Waals surface area contributed by atoms with Gasteiger partial charge in [-0.05, 0) is 61.7 Å². The number of anilines is 1. The highest BCUT2D eigenvalue weighted by atomic mass is 35.5. The lowest BCUT2D eigenvalue weighted by molar-refractivity contribution is 0.102. The normalized spacial score (nSPS) is 11.3. The van der Waals surface area contributed by atoms with E-state index >= 15 is 0 Å². The van der Waals surface area contributed by atoms with Gasteiger partial charge in [0.25, 0.3) is 5.91 Å². The van der Waals surface area contributed by atoms with E-state index < -0.39 is 15.9 Å². The molecule has 0 aliphatic heterocycles. The first kappa shape index (κ1) is 17.5. The first-order chi connectivity index (χ1) is 10.6. The molecule has 23 heavy (non-hydrogen) atoms. The topological polar surface area (TPSA) is 89.3 Å². The van der Waals surface area contributed by atoms with Crippen molar-refractivity contribution >= 4 is 33.2 Å². The molecular formula is C16H17ClN2O3S. The van der Waals surface area contributed by atoms with Gasteiger partial charge in [0.15, 0.2) is 0 Å². The SMILES string of the molecule is Cc1ccc(NC(=O)c2cc(C)c(C)c(S(N)(=O)=O)c2)cc1Cl. The predicted molar refractivity (Wildman–Crippen MR) is 91.4 cm³/mol. The predicted octanol–water partition coefficient (Wildman–Crippen LogP) is 3.16. The molecule has 0 saturated heterocycles. The summed E-state index contributed by atoms with van der Waals surface area (Å²) in [7, 11) is -3.90. The third-order valence-electron chi connectivity index (χ3n) is 3.62. The highest BCUT2D eigenvalue weighted by Crippen LogP contribution is 2.23. The molecule has 7 heteroatoms. The third kappa shape index (κ3) is 3.90. The molecule has 0 unspecified atom stereocenters. The maximum atomic E-state index is 12.4. The number of carbonyl (C=O) groups excluding carboxylic acids is 1. The molecule has 0 aromatic heterocycles. The first-order valence-electron chi connectivity index (χ1n) is 6.81. The van der Waals surface area contributed by atoms with Gasteiger partial charge in [-0.2, -0.15) is 0 Å². The third-order valence-corrected chi connectivity index (χ3v) is 5.06. The number of primary sulfonamides is 1. The van der Waals surface area contributed by atoms with E-state index in [0.29, 0.717) is 21.8 Å². The highest BCUT2D eigenvalue weighted by molar-refractivity contribution is 7.89. The number of carbonyl (C=O) groups is 1. The van der Waals surface area contributed by atoms with Crippen molar-refractivity contribution in [2.24, 2.45) is 5.14 Å². The zero-order valence-corrected chi connectivity index (χ0v) is 14.5. The Balaban J connectivity index is 2.40. The van der Waals surface area contributed by atoms with E-state index in [9.17, 15) is 13.2 Å². The molecule has 1 amide bonds. The van der Waals surface area contributed by atoms with Crippen LogP contribution in [0.5, 0.6) is 0 Å². The molecule has 2 aromatic rings. The minimum Gasteiger partial charge on any atom is -0.322 e. The van der Waals surface area contributed by atoms with Gasteiger partial charge >= 0.3 is 0 Å². The highest BCUT2D eigenvalue weighted by Gasteiger charge is 2.17. The Morgan fingerprint density at radius 3 is 2.30 bits per heavy atom. The smallest absolute Gasteiger partial charge is 0.255 e. The van der Waals surface area contributed by atoms with E-state index in [1.54, 1.807) is 38.1 Å². The molecule has 0 heterocycles. The lowest BCUT2D eigenvalue weighted by atomic mass is 10.1. The molecule has 0 spiro atoms. The average molecular weight is 353 g/mol. The van der Waals surface area contributed by atoms with Crippen LogP contribution in [0.1, 0.15) is 27.0 Å². The van der Waals surface area contributed by atoms with E-state index in [1.807, 2.05) is 6.92 Å². The fraction of sp³-hybridized carbons (Fsp3) is 0.188. The van der Waals surface area contributed by atoms with Crippen LogP contribution in [-0.4, -0.2) is 14.3 Å². The van der Waals surface area contributed by atoms with E-state index in [1.165, 1.54) is 6.07 Å². The van der Waals surface area contributed by atoms with Crippen molar-refractivity contribution < 1.29 is 13.2 Å². The minimum absolute atomic E-state index is 0.0513. The van der Waals surface area contributed by atoms with E-state index in [4.69, 9.17) is 16.7 Å². The van der Waals surface area contributed by atoms with E-state index in [0.717, 1.165) is 5.56 Å². The van der Waals surface area contributed by atoms with Crippen molar-refractivity contribution in [1.82, 2.24) is 0 Å². The van der Waals surface area contributed by atoms with Crippen LogP contribution in [0.4, 0.5) is 5.69 Å². The van der Waals surface area contributed by atoms with Crippen molar-refractivity contribution in [2.45, 2.75) is 25.7 Å². The van der Waals surface area contributed by atoms with E-state index in [-0.39, 0.29) is 10.5 Å². The van der Waals surface area contributed by atoms with Crippen molar-refractivity contribution in [3.63, 3.8) is 0 Å². The second kappa shape index (κ2) is 6.31. The summed E-state index contributed by atoms with van der Waals surface area (Å²) in [6.45, 7) is 5.23. The van der Waals surface area contributed by atoms with Gasteiger partial charge in [0, 0.05) is 16.3 Å². The Kier molecular flexibility index (Phi) is 4.79.